The van der Waals surface area contributed by atoms with E-state index in [2.05, 4.69) is 36.6 Å². The predicted octanol–water partition coefficient (Wildman–Crippen LogP) is 7.32. The molecule has 1 aromatic heterocycles. The van der Waals surface area contributed by atoms with Crippen molar-refractivity contribution in [2.24, 2.45) is 5.92 Å². The lowest BCUT2D eigenvalue weighted by molar-refractivity contribution is -0.145. The van der Waals surface area contributed by atoms with Crippen LogP contribution in [-0.2, 0) is 19.1 Å². The lowest BCUT2D eigenvalue weighted by atomic mass is 10.1. The molecule has 37 heavy (non-hydrogen) atoms. The second-order valence-corrected chi connectivity index (χ2v) is 10.5. The van der Waals surface area contributed by atoms with Crippen LogP contribution in [0.3, 0.4) is 0 Å². The number of hydrogen-bond donors (Lipinski definition) is 1. The lowest BCUT2D eigenvalue weighted by Gasteiger charge is -2.01. The topological polar surface area (TPSA) is 103 Å². The van der Waals surface area contributed by atoms with Crippen molar-refractivity contribution in [1.82, 2.24) is 0 Å². The fraction of sp³-hybridized carbons (Fsp3) is 0.393. The van der Waals surface area contributed by atoms with E-state index >= 15 is 0 Å². The zero-order valence-corrected chi connectivity index (χ0v) is 24.0. The third-order valence-electron chi connectivity index (χ3n) is 5.59. The number of hydrogen-bond acceptors (Lipinski definition) is 7. The van der Waals surface area contributed by atoms with Crippen LogP contribution in [0.2, 0.25) is 0 Å². The molecule has 2 saturated carbocycles. The van der Waals surface area contributed by atoms with Crippen molar-refractivity contribution in [2.45, 2.75) is 51.9 Å². The average Bonchev–Trinajstić information content (AvgIpc) is 3.78. The number of phenolic OH excluding ortho intramolecular Hbond substituents is 1. The Morgan fingerprint density at radius 1 is 0.919 bits per heavy atom. The SMILES string of the molecule is CCOC(=O)CC(=O)C1CC1.CCOC(=O)c1c(C2CC2)oc2ccc(Br)cc12.Oc1ccc(Br)cc1. The van der Waals surface area contributed by atoms with Gasteiger partial charge in [-0.3, -0.25) is 9.59 Å². The molecule has 7 nitrogen and oxygen atoms in total. The molecule has 0 unspecified atom stereocenters. The molecule has 0 atom stereocenters. The van der Waals surface area contributed by atoms with Crippen LogP contribution in [0.1, 0.15) is 68.0 Å². The first kappa shape index (κ1) is 28.9. The molecule has 0 bridgehead atoms. The first-order valence-electron chi connectivity index (χ1n) is 12.2. The molecule has 5 rings (SSSR count). The summed E-state index contributed by atoms with van der Waals surface area (Å²) in [6.45, 7) is 4.28. The number of aromatic hydroxyl groups is 1. The summed E-state index contributed by atoms with van der Waals surface area (Å²) in [7, 11) is 0. The molecule has 2 fully saturated rings. The zero-order chi connectivity index (χ0) is 26.9. The molecule has 2 aliphatic carbocycles. The van der Waals surface area contributed by atoms with Gasteiger partial charge < -0.3 is 19.0 Å². The molecule has 0 saturated heterocycles. The van der Waals surface area contributed by atoms with Gasteiger partial charge in [0.25, 0.3) is 0 Å². The fourth-order valence-electron chi connectivity index (χ4n) is 3.48. The molecule has 0 radical (unpaired) electrons. The number of esters is 2. The number of rotatable bonds is 7. The molecule has 0 amide bonds. The molecule has 1 N–H and O–H groups in total. The van der Waals surface area contributed by atoms with Crippen LogP contribution in [0, 0.1) is 5.92 Å². The second kappa shape index (κ2) is 13.8. The van der Waals surface area contributed by atoms with E-state index in [0.717, 1.165) is 51.4 Å². The van der Waals surface area contributed by atoms with Crippen molar-refractivity contribution < 1.29 is 33.4 Å². The number of halogens is 2. The minimum atomic E-state index is -0.385. The summed E-state index contributed by atoms with van der Waals surface area (Å²) < 4.78 is 17.5. The van der Waals surface area contributed by atoms with Gasteiger partial charge in [0, 0.05) is 26.2 Å². The van der Waals surface area contributed by atoms with E-state index in [1.165, 1.54) is 0 Å². The fourth-order valence-corrected chi connectivity index (χ4v) is 4.11. The Labute approximate surface area is 232 Å². The van der Waals surface area contributed by atoms with Gasteiger partial charge in [-0.05, 0) is 82.0 Å². The van der Waals surface area contributed by atoms with E-state index in [9.17, 15) is 14.4 Å². The van der Waals surface area contributed by atoms with Crippen LogP contribution in [0.15, 0.2) is 55.8 Å². The summed E-state index contributed by atoms with van der Waals surface area (Å²) in [5, 5.41) is 9.57. The maximum Gasteiger partial charge on any atom is 0.342 e. The van der Waals surface area contributed by atoms with E-state index in [1.807, 2.05) is 25.1 Å². The maximum atomic E-state index is 12.1. The predicted molar refractivity (Wildman–Crippen MR) is 147 cm³/mol. The minimum absolute atomic E-state index is 0.0293. The van der Waals surface area contributed by atoms with E-state index in [-0.39, 0.29) is 30.1 Å². The van der Waals surface area contributed by atoms with Crippen LogP contribution >= 0.6 is 31.9 Å². The van der Waals surface area contributed by atoms with Gasteiger partial charge in [0.2, 0.25) is 0 Å². The van der Waals surface area contributed by atoms with Crippen LogP contribution in [0.5, 0.6) is 5.75 Å². The Bertz CT molecular complexity index is 1200. The van der Waals surface area contributed by atoms with Gasteiger partial charge in [0.15, 0.2) is 0 Å². The number of benzene rings is 2. The van der Waals surface area contributed by atoms with E-state index in [4.69, 9.17) is 14.3 Å². The van der Waals surface area contributed by atoms with Crippen LogP contribution in [0.25, 0.3) is 11.0 Å². The van der Waals surface area contributed by atoms with Gasteiger partial charge in [0.05, 0.1) is 13.2 Å². The summed E-state index contributed by atoms with van der Waals surface area (Å²) >= 11 is 6.66. The first-order chi connectivity index (χ1) is 17.7. The number of fused-ring (bicyclic) bond motifs is 1. The second-order valence-electron chi connectivity index (χ2n) is 8.68. The number of furan rings is 1. The summed E-state index contributed by atoms with van der Waals surface area (Å²) in [6, 6.07) is 12.5. The van der Waals surface area contributed by atoms with Gasteiger partial charge in [-0.25, -0.2) is 4.79 Å². The monoisotopic (exact) mass is 636 g/mol. The molecule has 2 aromatic carbocycles. The van der Waals surface area contributed by atoms with Crippen molar-refractivity contribution in [3.8, 4) is 5.75 Å². The molecule has 0 spiro atoms. The third-order valence-corrected chi connectivity index (χ3v) is 6.61. The third kappa shape index (κ3) is 9.00. The Morgan fingerprint density at radius 3 is 2.08 bits per heavy atom. The molecule has 198 valence electrons. The highest BCUT2D eigenvalue weighted by Crippen LogP contribution is 2.45. The Kier molecular flexibility index (Phi) is 10.8. The largest absolute Gasteiger partial charge is 0.508 e. The molecule has 3 aromatic rings. The molecular weight excluding hydrogens is 608 g/mol. The number of ketones is 1. The van der Waals surface area contributed by atoms with Gasteiger partial charge in [-0.15, -0.1) is 0 Å². The number of ether oxygens (including phenoxy) is 2. The van der Waals surface area contributed by atoms with Crippen LogP contribution in [0.4, 0.5) is 0 Å². The number of Topliss-reactive ketones (excluding diaryl/α,β-unsaturated/α-hetero) is 1. The Morgan fingerprint density at radius 2 is 1.54 bits per heavy atom. The normalized spacial score (nSPS) is 14.1. The highest BCUT2D eigenvalue weighted by Gasteiger charge is 2.34. The van der Waals surface area contributed by atoms with Crippen LogP contribution in [-0.4, -0.2) is 36.0 Å². The number of phenols is 1. The quantitative estimate of drug-likeness (QED) is 0.214. The molecule has 1 heterocycles. The van der Waals surface area contributed by atoms with Crippen molar-refractivity contribution in [2.75, 3.05) is 13.2 Å². The van der Waals surface area contributed by atoms with Gasteiger partial charge >= 0.3 is 11.9 Å². The standard InChI is InChI=1S/C14H13BrO3.C8H12O3.C6H5BrO/c1-2-17-14(16)12-10-7-9(15)5-6-11(10)18-13(12)8-3-4-8;1-2-11-8(10)5-7(9)6-3-4-6;7-5-1-3-6(8)4-2-5/h5-8H,2-4H2,1H3;6H,2-5H2,1H3;1-4,8H. The summed E-state index contributed by atoms with van der Waals surface area (Å²) in [4.78, 5) is 33.8. The zero-order valence-electron chi connectivity index (χ0n) is 20.8. The van der Waals surface area contributed by atoms with E-state index < -0.39 is 0 Å². The van der Waals surface area contributed by atoms with E-state index in [0.29, 0.717) is 30.4 Å². The molecular formula is C28H30Br2O7. The van der Waals surface area contributed by atoms with E-state index in [1.54, 1.807) is 31.2 Å². The Balaban J connectivity index is 0.000000171. The maximum absolute atomic E-state index is 12.1. The summed E-state index contributed by atoms with van der Waals surface area (Å²) in [5.41, 5.74) is 1.36. The van der Waals surface area contributed by atoms with Crippen molar-refractivity contribution in [3.63, 3.8) is 0 Å². The number of carbonyl (C=O) groups excluding carboxylic acids is 3. The summed E-state index contributed by atoms with van der Waals surface area (Å²) in [5.74, 6) is 1.02. The average molecular weight is 638 g/mol. The first-order valence-corrected chi connectivity index (χ1v) is 13.8. The molecule has 0 aliphatic heterocycles. The Hall–Kier alpha value is -2.65. The number of carbonyl (C=O) groups is 3. The summed E-state index contributed by atoms with van der Waals surface area (Å²) in [6.07, 6.45) is 4.07. The smallest absolute Gasteiger partial charge is 0.342 e. The minimum Gasteiger partial charge on any atom is -0.508 e. The lowest BCUT2D eigenvalue weighted by Crippen LogP contribution is -2.12. The van der Waals surface area contributed by atoms with Crippen molar-refractivity contribution >= 4 is 60.6 Å². The van der Waals surface area contributed by atoms with Crippen LogP contribution < -0.4 is 0 Å². The van der Waals surface area contributed by atoms with Crippen molar-refractivity contribution in [1.29, 1.82) is 0 Å². The van der Waals surface area contributed by atoms with Gasteiger partial charge in [0.1, 0.15) is 34.9 Å². The molecule has 9 heteroatoms. The van der Waals surface area contributed by atoms with Crippen molar-refractivity contribution in [3.05, 3.63) is 62.7 Å². The highest BCUT2D eigenvalue weighted by atomic mass is 79.9. The molecule has 2 aliphatic rings. The highest BCUT2D eigenvalue weighted by molar-refractivity contribution is 9.10. The van der Waals surface area contributed by atoms with Gasteiger partial charge in [-0.1, -0.05) is 31.9 Å². The van der Waals surface area contributed by atoms with Gasteiger partial charge in [-0.2, -0.15) is 0 Å².